The van der Waals surface area contributed by atoms with Crippen LogP contribution in [0.3, 0.4) is 0 Å². The van der Waals surface area contributed by atoms with Crippen LogP contribution in [0.2, 0.25) is 0 Å². The fraction of sp³-hybridized carbons (Fsp3) is 0.500. The first-order valence-electron chi connectivity index (χ1n) is 14.0. The summed E-state index contributed by atoms with van der Waals surface area (Å²) < 4.78 is 11.6. The normalized spacial score (nSPS) is 14.0. The van der Waals surface area contributed by atoms with Gasteiger partial charge in [0.2, 0.25) is 11.8 Å². The second-order valence-corrected chi connectivity index (χ2v) is 9.87. The second-order valence-electron chi connectivity index (χ2n) is 9.87. The molecule has 0 aromatic heterocycles. The van der Waals surface area contributed by atoms with Gasteiger partial charge in [-0.05, 0) is 69.2 Å². The molecule has 0 bridgehead atoms. The molecule has 3 rings (SSSR count). The first-order valence-corrected chi connectivity index (χ1v) is 14.0. The monoisotopic (exact) mass is 539 g/mol. The lowest BCUT2D eigenvalue weighted by Gasteiger charge is -2.20. The maximum absolute atomic E-state index is 12.9. The molecule has 1 atom stereocenters. The first-order chi connectivity index (χ1) is 19.0. The van der Waals surface area contributed by atoms with Crippen LogP contribution in [0.15, 0.2) is 54.6 Å². The molecule has 1 saturated carbocycles. The van der Waals surface area contributed by atoms with Crippen molar-refractivity contribution < 1.29 is 29.1 Å². The minimum Gasteiger partial charge on any atom is -0.493 e. The summed E-state index contributed by atoms with van der Waals surface area (Å²) in [5.74, 6) is -0.0237. The minimum atomic E-state index is -0.509. The molecule has 2 amide bonds. The standard InChI is InChI=1S/C30H41N3O6/c34-27(18-6-1-2-7-19-28(35)33-37)32-24-14-10-17-26(22-24)38-21-11-20-31-29(23-12-4-3-5-13-23)30(36)39-25-15-8-9-16-25/h3-5,10,12-14,17,22,25,29,31,37H,1-2,6-9,11,15-16,18-21H2,(H,32,34)(H,33,35)/t29-/m0/s1. The maximum atomic E-state index is 12.9. The molecule has 39 heavy (non-hydrogen) atoms. The number of carbonyl (C=O) groups excluding carboxylic acids is 3. The lowest BCUT2D eigenvalue weighted by atomic mass is 10.1. The Morgan fingerprint density at radius 1 is 0.872 bits per heavy atom. The van der Waals surface area contributed by atoms with E-state index in [9.17, 15) is 14.4 Å². The van der Waals surface area contributed by atoms with E-state index in [0.717, 1.165) is 50.5 Å². The third-order valence-electron chi connectivity index (χ3n) is 6.69. The number of ether oxygens (including phenoxy) is 2. The largest absolute Gasteiger partial charge is 0.493 e. The molecule has 0 heterocycles. The molecule has 9 heteroatoms. The van der Waals surface area contributed by atoms with Gasteiger partial charge in [0.1, 0.15) is 17.9 Å². The molecule has 0 saturated heterocycles. The van der Waals surface area contributed by atoms with Crippen molar-refractivity contribution >= 4 is 23.5 Å². The third-order valence-corrected chi connectivity index (χ3v) is 6.69. The van der Waals surface area contributed by atoms with Gasteiger partial charge in [0, 0.05) is 24.6 Å². The molecule has 0 radical (unpaired) electrons. The quantitative estimate of drug-likeness (QED) is 0.0958. The molecule has 2 aromatic carbocycles. The number of hydrogen-bond donors (Lipinski definition) is 4. The lowest BCUT2D eigenvalue weighted by molar-refractivity contribution is -0.151. The van der Waals surface area contributed by atoms with Crippen LogP contribution >= 0.6 is 0 Å². The summed E-state index contributed by atoms with van der Waals surface area (Å²) in [6, 6.07) is 16.4. The van der Waals surface area contributed by atoms with E-state index in [2.05, 4.69) is 10.6 Å². The molecule has 1 aliphatic carbocycles. The number of unbranched alkanes of at least 4 members (excludes halogenated alkanes) is 3. The summed E-state index contributed by atoms with van der Waals surface area (Å²) >= 11 is 0. The molecule has 4 N–H and O–H groups in total. The van der Waals surface area contributed by atoms with E-state index in [4.69, 9.17) is 14.7 Å². The zero-order valence-electron chi connectivity index (χ0n) is 22.5. The van der Waals surface area contributed by atoms with Crippen molar-refractivity contribution in [3.8, 4) is 5.75 Å². The zero-order valence-corrected chi connectivity index (χ0v) is 22.5. The SMILES string of the molecule is O=C(CCCCCCC(=O)Nc1cccc(OCCCN[C@H](C(=O)OC2CCCC2)c2ccccc2)c1)NO. The number of rotatable bonds is 17. The molecular formula is C30H41N3O6. The molecule has 0 unspecified atom stereocenters. The van der Waals surface area contributed by atoms with Crippen molar-refractivity contribution in [1.29, 1.82) is 0 Å². The van der Waals surface area contributed by atoms with Crippen LogP contribution in [0.25, 0.3) is 0 Å². The van der Waals surface area contributed by atoms with Crippen LogP contribution < -0.4 is 20.9 Å². The van der Waals surface area contributed by atoms with E-state index in [1.807, 2.05) is 48.5 Å². The number of esters is 1. The number of hydroxylamine groups is 1. The number of carbonyl (C=O) groups is 3. The van der Waals surface area contributed by atoms with Crippen molar-refractivity contribution in [3.05, 3.63) is 60.2 Å². The van der Waals surface area contributed by atoms with Gasteiger partial charge in [-0.15, -0.1) is 0 Å². The Hall–Kier alpha value is -3.43. The molecule has 9 nitrogen and oxygen atoms in total. The fourth-order valence-electron chi connectivity index (χ4n) is 4.60. The van der Waals surface area contributed by atoms with Gasteiger partial charge in [-0.1, -0.05) is 49.2 Å². The Morgan fingerprint density at radius 2 is 1.59 bits per heavy atom. The molecule has 2 aromatic rings. The Bertz CT molecular complexity index is 1030. The van der Waals surface area contributed by atoms with Crippen molar-refractivity contribution in [2.24, 2.45) is 0 Å². The summed E-state index contributed by atoms with van der Waals surface area (Å²) in [4.78, 5) is 36.1. The lowest BCUT2D eigenvalue weighted by Crippen LogP contribution is -2.33. The summed E-state index contributed by atoms with van der Waals surface area (Å²) in [6.07, 6.45) is 8.57. The predicted octanol–water partition coefficient (Wildman–Crippen LogP) is 5.06. The summed E-state index contributed by atoms with van der Waals surface area (Å²) in [5.41, 5.74) is 3.18. The second kappa shape index (κ2) is 17.2. The molecule has 0 aliphatic heterocycles. The highest BCUT2D eigenvalue weighted by molar-refractivity contribution is 5.90. The molecule has 0 spiro atoms. The van der Waals surface area contributed by atoms with Crippen LogP contribution in [0.1, 0.15) is 82.2 Å². The Morgan fingerprint density at radius 3 is 2.31 bits per heavy atom. The smallest absolute Gasteiger partial charge is 0.328 e. The van der Waals surface area contributed by atoms with Gasteiger partial charge in [-0.3, -0.25) is 14.8 Å². The van der Waals surface area contributed by atoms with Gasteiger partial charge in [-0.2, -0.15) is 0 Å². The number of nitrogens with one attached hydrogen (secondary N) is 3. The number of hydrogen-bond acceptors (Lipinski definition) is 7. The van der Waals surface area contributed by atoms with Crippen LogP contribution in [0, 0.1) is 0 Å². The van der Waals surface area contributed by atoms with Crippen molar-refractivity contribution in [1.82, 2.24) is 10.8 Å². The van der Waals surface area contributed by atoms with Gasteiger partial charge in [0.25, 0.3) is 0 Å². The maximum Gasteiger partial charge on any atom is 0.328 e. The van der Waals surface area contributed by atoms with E-state index in [-0.39, 0.29) is 30.3 Å². The summed E-state index contributed by atoms with van der Waals surface area (Å²) in [7, 11) is 0. The highest BCUT2D eigenvalue weighted by Gasteiger charge is 2.26. The van der Waals surface area contributed by atoms with Gasteiger partial charge >= 0.3 is 5.97 Å². The summed E-state index contributed by atoms with van der Waals surface area (Å²) in [5, 5.41) is 14.7. The van der Waals surface area contributed by atoms with Crippen molar-refractivity contribution in [2.45, 2.75) is 82.8 Å². The van der Waals surface area contributed by atoms with Gasteiger partial charge in [-0.25, -0.2) is 10.3 Å². The van der Waals surface area contributed by atoms with Gasteiger partial charge in [0.15, 0.2) is 0 Å². The van der Waals surface area contributed by atoms with E-state index >= 15 is 0 Å². The molecule has 1 aliphatic rings. The Kier molecular flexibility index (Phi) is 13.3. The van der Waals surface area contributed by atoms with Crippen molar-refractivity contribution in [2.75, 3.05) is 18.5 Å². The number of anilines is 1. The van der Waals surface area contributed by atoms with Gasteiger partial charge in [0.05, 0.1) is 6.61 Å². The Labute approximate surface area is 230 Å². The van der Waals surface area contributed by atoms with E-state index < -0.39 is 6.04 Å². The molecule has 1 fully saturated rings. The highest BCUT2D eigenvalue weighted by Crippen LogP contribution is 2.24. The van der Waals surface area contributed by atoms with E-state index in [1.165, 1.54) is 0 Å². The molecular weight excluding hydrogens is 498 g/mol. The average Bonchev–Trinajstić information content (AvgIpc) is 3.46. The van der Waals surface area contributed by atoms with Crippen LogP contribution in [-0.4, -0.2) is 42.2 Å². The van der Waals surface area contributed by atoms with E-state index in [0.29, 0.717) is 43.9 Å². The molecule has 212 valence electrons. The van der Waals surface area contributed by atoms with Gasteiger partial charge < -0.3 is 20.1 Å². The van der Waals surface area contributed by atoms with Crippen LogP contribution in [0.4, 0.5) is 5.69 Å². The summed E-state index contributed by atoms with van der Waals surface area (Å²) in [6.45, 7) is 1.04. The zero-order chi connectivity index (χ0) is 27.7. The van der Waals surface area contributed by atoms with Crippen LogP contribution in [0.5, 0.6) is 5.75 Å². The first kappa shape index (κ1) is 30.1. The predicted molar refractivity (Wildman–Crippen MR) is 148 cm³/mol. The average molecular weight is 540 g/mol. The minimum absolute atomic E-state index is 0.0220. The third kappa shape index (κ3) is 11.5. The van der Waals surface area contributed by atoms with E-state index in [1.54, 1.807) is 11.5 Å². The number of benzene rings is 2. The number of amides is 2. The Balaban J connectivity index is 1.36. The topological polar surface area (TPSA) is 126 Å². The van der Waals surface area contributed by atoms with Crippen LogP contribution in [-0.2, 0) is 19.1 Å². The van der Waals surface area contributed by atoms with Crippen molar-refractivity contribution in [3.63, 3.8) is 0 Å². The highest BCUT2D eigenvalue weighted by atomic mass is 16.5. The fourth-order valence-corrected chi connectivity index (χ4v) is 4.60.